The van der Waals surface area contributed by atoms with E-state index >= 15 is 0 Å². The van der Waals surface area contributed by atoms with Gasteiger partial charge in [0, 0.05) is 25.0 Å². The highest BCUT2D eigenvalue weighted by molar-refractivity contribution is 5.97. The Morgan fingerprint density at radius 2 is 1.79 bits per heavy atom. The molecule has 1 aliphatic heterocycles. The lowest BCUT2D eigenvalue weighted by Gasteiger charge is -2.39. The number of nitrogens with one attached hydrogen (secondary N) is 1. The van der Waals surface area contributed by atoms with Crippen LogP contribution in [0.15, 0.2) is 47.3 Å². The number of piperidine rings is 1. The number of ketones is 1. The number of aromatic nitrogens is 3. The highest BCUT2D eigenvalue weighted by atomic mass is 19.4. The van der Waals surface area contributed by atoms with Crippen LogP contribution in [0.2, 0.25) is 0 Å². The average molecular weight is 547 g/mol. The summed E-state index contributed by atoms with van der Waals surface area (Å²) in [5.41, 5.74) is 6.44. The Hall–Kier alpha value is -4.00. The standard InChI is InChI=1S/C26H29F3N6O4/c1-25(2,3)23(38)34-12-18(26(27,28)29)20(19(36)13-34)21-32-24(31-11-16-6-4-15(10-30)5-7-16)35(33-21)22(37)17-8-9-39-14-17/h4-9,14,18,20H,10-13,30H2,1-3H3,(H,31,32,33). The summed E-state index contributed by atoms with van der Waals surface area (Å²) in [6, 6.07) is 8.63. The molecule has 1 aliphatic rings. The molecule has 0 bridgehead atoms. The molecule has 0 radical (unpaired) electrons. The highest BCUT2D eigenvalue weighted by Gasteiger charge is 2.54. The van der Waals surface area contributed by atoms with Crippen molar-refractivity contribution in [2.45, 2.75) is 46.0 Å². The van der Waals surface area contributed by atoms with E-state index in [4.69, 9.17) is 10.2 Å². The fraction of sp³-hybridized carbons (Fsp3) is 0.423. The molecule has 39 heavy (non-hydrogen) atoms. The number of halogens is 3. The third-order valence-electron chi connectivity index (χ3n) is 6.43. The van der Waals surface area contributed by atoms with Crippen LogP contribution in [0.4, 0.5) is 19.1 Å². The van der Waals surface area contributed by atoms with Gasteiger partial charge < -0.3 is 20.4 Å². The van der Waals surface area contributed by atoms with Crippen LogP contribution in [0.25, 0.3) is 0 Å². The first-order valence-corrected chi connectivity index (χ1v) is 12.2. The lowest BCUT2D eigenvalue weighted by molar-refractivity contribution is -0.196. The molecule has 2 unspecified atom stereocenters. The number of alkyl halides is 3. The highest BCUT2D eigenvalue weighted by Crippen LogP contribution is 2.41. The van der Waals surface area contributed by atoms with E-state index in [9.17, 15) is 27.6 Å². The van der Waals surface area contributed by atoms with Gasteiger partial charge in [0.2, 0.25) is 11.9 Å². The van der Waals surface area contributed by atoms with E-state index in [1.54, 1.807) is 32.9 Å². The SMILES string of the molecule is CC(C)(C)C(=O)N1CC(=O)C(c2nc(NCc3ccc(CN)cc3)n(C(=O)c3ccoc3)n2)C(C(F)(F)F)C1. The van der Waals surface area contributed by atoms with Crippen LogP contribution < -0.4 is 11.1 Å². The number of Topliss-reactive ketones (excluding diaryl/α,β-unsaturated/α-hetero) is 1. The van der Waals surface area contributed by atoms with Gasteiger partial charge in [0.1, 0.15) is 6.26 Å². The monoisotopic (exact) mass is 546 g/mol. The van der Waals surface area contributed by atoms with Gasteiger partial charge in [-0.05, 0) is 17.2 Å². The molecule has 3 heterocycles. The molecule has 0 spiro atoms. The van der Waals surface area contributed by atoms with E-state index in [0.717, 1.165) is 20.7 Å². The second-order valence-electron chi connectivity index (χ2n) is 10.4. The van der Waals surface area contributed by atoms with E-state index in [1.807, 2.05) is 12.1 Å². The Balaban J connectivity index is 1.69. The van der Waals surface area contributed by atoms with Crippen molar-refractivity contribution in [3.05, 3.63) is 65.4 Å². The predicted octanol–water partition coefficient (Wildman–Crippen LogP) is 3.35. The lowest BCUT2D eigenvalue weighted by atomic mass is 9.82. The van der Waals surface area contributed by atoms with Crippen LogP contribution >= 0.6 is 0 Å². The molecule has 3 aromatic rings. The predicted molar refractivity (Wildman–Crippen MR) is 133 cm³/mol. The molecule has 0 saturated carbocycles. The minimum Gasteiger partial charge on any atom is -0.472 e. The van der Waals surface area contributed by atoms with E-state index < -0.39 is 59.9 Å². The molecule has 13 heteroatoms. The van der Waals surface area contributed by atoms with Crippen LogP contribution in [0.3, 0.4) is 0 Å². The summed E-state index contributed by atoms with van der Waals surface area (Å²) in [5.74, 6) is -6.78. The fourth-order valence-electron chi connectivity index (χ4n) is 4.36. The van der Waals surface area contributed by atoms with Crippen molar-refractivity contribution in [2.24, 2.45) is 17.1 Å². The van der Waals surface area contributed by atoms with Crippen LogP contribution in [-0.2, 0) is 22.7 Å². The Labute approximate surface area is 222 Å². The van der Waals surface area contributed by atoms with Gasteiger partial charge in [-0.25, -0.2) is 0 Å². The zero-order chi connectivity index (χ0) is 28.5. The van der Waals surface area contributed by atoms with Gasteiger partial charge in [-0.2, -0.15) is 22.8 Å². The molecule has 1 amide bonds. The summed E-state index contributed by atoms with van der Waals surface area (Å²) in [6.45, 7) is 3.99. The molecular formula is C26H29F3N6O4. The van der Waals surface area contributed by atoms with Crippen LogP contribution in [0.1, 0.15) is 54.0 Å². The minimum absolute atomic E-state index is 0.0890. The first-order chi connectivity index (χ1) is 18.3. The summed E-state index contributed by atoms with van der Waals surface area (Å²) < 4.78 is 48.5. The zero-order valence-electron chi connectivity index (χ0n) is 21.7. The van der Waals surface area contributed by atoms with Gasteiger partial charge in [-0.1, -0.05) is 45.0 Å². The number of benzene rings is 1. The van der Waals surface area contributed by atoms with E-state index in [1.165, 1.54) is 18.6 Å². The van der Waals surface area contributed by atoms with Crippen molar-refractivity contribution in [3.8, 4) is 0 Å². The number of furan rings is 1. The smallest absolute Gasteiger partial charge is 0.394 e. The molecule has 0 aliphatic carbocycles. The quantitative estimate of drug-likeness (QED) is 0.481. The average Bonchev–Trinajstić information content (AvgIpc) is 3.56. The van der Waals surface area contributed by atoms with Gasteiger partial charge in [-0.3, -0.25) is 14.4 Å². The number of likely N-dealkylation sites (tertiary alicyclic amines) is 1. The van der Waals surface area contributed by atoms with Gasteiger partial charge in [0.25, 0.3) is 5.91 Å². The molecule has 2 atom stereocenters. The minimum atomic E-state index is -4.84. The third-order valence-corrected chi connectivity index (χ3v) is 6.43. The Bertz CT molecular complexity index is 1340. The molecule has 3 N–H and O–H groups in total. The number of nitrogens with zero attached hydrogens (tertiary/aromatic N) is 4. The Morgan fingerprint density at radius 1 is 1.13 bits per heavy atom. The maximum atomic E-state index is 14.2. The second kappa shape index (κ2) is 10.6. The third kappa shape index (κ3) is 6.03. The number of anilines is 1. The van der Waals surface area contributed by atoms with Crippen molar-refractivity contribution in [1.82, 2.24) is 19.7 Å². The molecule has 1 saturated heterocycles. The van der Waals surface area contributed by atoms with Crippen LogP contribution in [0.5, 0.6) is 0 Å². The van der Waals surface area contributed by atoms with E-state index in [0.29, 0.717) is 6.54 Å². The lowest BCUT2D eigenvalue weighted by Crippen LogP contribution is -2.55. The molecule has 2 aromatic heterocycles. The number of amides is 1. The van der Waals surface area contributed by atoms with Crippen LogP contribution in [-0.4, -0.2) is 56.5 Å². The normalized spacial score (nSPS) is 18.3. The van der Waals surface area contributed by atoms with Gasteiger partial charge >= 0.3 is 6.18 Å². The molecular weight excluding hydrogens is 517 g/mol. The number of nitrogens with two attached hydrogens (primary N) is 1. The van der Waals surface area contributed by atoms with E-state index in [-0.39, 0.29) is 18.1 Å². The summed E-state index contributed by atoms with van der Waals surface area (Å²) in [7, 11) is 0. The Morgan fingerprint density at radius 3 is 2.36 bits per heavy atom. The van der Waals surface area contributed by atoms with Gasteiger partial charge in [-0.15, -0.1) is 5.10 Å². The van der Waals surface area contributed by atoms with E-state index in [2.05, 4.69) is 15.4 Å². The topological polar surface area (TPSA) is 136 Å². The van der Waals surface area contributed by atoms with Crippen molar-refractivity contribution in [1.29, 1.82) is 0 Å². The van der Waals surface area contributed by atoms with Crippen LogP contribution in [0, 0.1) is 11.3 Å². The van der Waals surface area contributed by atoms with Crippen molar-refractivity contribution in [2.75, 3.05) is 18.4 Å². The second-order valence-corrected chi connectivity index (χ2v) is 10.4. The molecule has 4 rings (SSSR count). The first kappa shape index (κ1) is 28.0. The fourth-order valence-corrected chi connectivity index (χ4v) is 4.36. The van der Waals surface area contributed by atoms with Gasteiger partial charge in [0.05, 0.1) is 30.2 Å². The number of carbonyl (C=O) groups is 3. The molecule has 1 aromatic carbocycles. The maximum Gasteiger partial charge on any atom is 0.394 e. The number of hydrogen-bond donors (Lipinski definition) is 2. The zero-order valence-corrected chi connectivity index (χ0v) is 21.7. The first-order valence-electron chi connectivity index (χ1n) is 12.2. The Kier molecular flexibility index (Phi) is 7.64. The molecule has 10 nitrogen and oxygen atoms in total. The summed E-state index contributed by atoms with van der Waals surface area (Å²) >= 11 is 0. The van der Waals surface area contributed by atoms with Crippen molar-refractivity contribution < 1.29 is 32.0 Å². The van der Waals surface area contributed by atoms with Crippen molar-refractivity contribution >= 4 is 23.5 Å². The molecule has 208 valence electrons. The summed E-state index contributed by atoms with van der Waals surface area (Å²) in [6.07, 6.45) is -2.41. The number of carbonyl (C=O) groups excluding carboxylic acids is 3. The summed E-state index contributed by atoms with van der Waals surface area (Å²) in [4.78, 5) is 44.1. The number of hydrogen-bond acceptors (Lipinski definition) is 8. The summed E-state index contributed by atoms with van der Waals surface area (Å²) in [5, 5.41) is 7.01. The largest absolute Gasteiger partial charge is 0.472 e. The van der Waals surface area contributed by atoms with Crippen molar-refractivity contribution in [3.63, 3.8) is 0 Å². The molecule has 1 fully saturated rings. The van der Waals surface area contributed by atoms with Gasteiger partial charge in [0.15, 0.2) is 11.6 Å². The number of rotatable bonds is 6. The maximum absolute atomic E-state index is 14.2.